The highest BCUT2D eigenvalue weighted by Crippen LogP contribution is 2.06. The van der Waals surface area contributed by atoms with E-state index in [1.54, 1.807) is 6.92 Å². The Morgan fingerprint density at radius 1 is 1.47 bits per heavy atom. The average Bonchev–Trinajstić information content (AvgIpc) is 2.39. The monoisotopic (exact) mass is 372 g/mol. The zero-order chi connectivity index (χ0) is 14.0. The van der Waals surface area contributed by atoms with Crippen LogP contribution in [0.25, 0.3) is 0 Å². The van der Waals surface area contributed by atoms with E-state index < -0.39 is 5.82 Å². The smallest absolute Gasteiger partial charge is 0.267 e. The minimum Gasteiger partial charge on any atom is -0.292 e. The van der Waals surface area contributed by atoms with E-state index in [1.807, 2.05) is 22.6 Å². The van der Waals surface area contributed by atoms with E-state index in [0.717, 1.165) is 6.07 Å². The molecule has 19 heavy (non-hydrogen) atoms. The number of carbonyl (C=O) groups is 1. The van der Waals surface area contributed by atoms with Crippen LogP contribution in [0, 0.1) is 16.3 Å². The fraction of sp³-hybridized carbons (Fsp3) is 0.154. The quantitative estimate of drug-likeness (QED) is 0.613. The van der Waals surface area contributed by atoms with Gasteiger partial charge in [0.2, 0.25) is 0 Å². The third-order valence-corrected chi connectivity index (χ3v) is 3.86. The molecule has 0 atom stereocenters. The Bertz CT molecular complexity index is 697. The molecule has 6 heteroatoms. The van der Waals surface area contributed by atoms with Gasteiger partial charge in [-0.3, -0.25) is 14.2 Å². The maximum atomic E-state index is 13.0. The number of hydrogen-bond donors (Lipinski definition) is 0. The molecule has 2 aromatic rings. The highest BCUT2D eigenvalue weighted by molar-refractivity contribution is 14.1. The Morgan fingerprint density at radius 2 is 2.21 bits per heavy atom. The van der Waals surface area contributed by atoms with Crippen LogP contribution in [0.1, 0.15) is 16.1 Å². The summed E-state index contributed by atoms with van der Waals surface area (Å²) >= 11 is 1.89. The Labute approximate surface area is 122 Å². The number of carbonyl (C=O) groups excluding carboxylic acids is 1. The van der Waals surface area contributed by atoms with Crippen molar-refractivity contribution >= 4 is 28.4 Å². The number of Topliss-reactive ketones (excluding diaryl/α,β-unsaturated/α-hetero) is 1. The molecule has 0 bridgehead atoms. The van der Waals surface area contributed by atoms with E-state index in [1.165, 1.54) is 29.1 Å². The summed E-state index contributed by atoms with van der Waals surface area (Å²) in [6.07, 6.45) is 1.33. The minimum absolute atomic E-state index is 0.147. The van der Waals surface area contributed by atoms with Crippen LogP contribution in [0.5, 0.6) is 0 Å². The summed E-state index contributed by atoms with van der Waals surface area (Å²) in [6, 6.07) is 5.39. The van der Waals surface area contributed by atoms with Crippen LogP contribution >= 0.6 is 22.6 Å². The molecule has 2 rings (SSSR count). The van der Waals surface area contributed by atoms with Gasteiger partial charge in [0.15, 0.2) is 5.78 Å². The highest BCUT2D eigenvalue weighted by atomic mass is 127. The maximum Gasteiger partial charge on any atom is 0.267 e. The number of halogens is 2. The first-order chi connectivity index (χ1) is 8.99. The number of ketones is 1. The topological polar surface area (TPSA) is 52.0 Å². The molecule has 0 aliphatic rings. The van der Waals surface area contributed by atoms with E-state index in [-0.39, 0.29) is 23.5 Å². The van der Waals surface area contributed by atoms with Crippen LogP contribution in [-0.2, 0) is 6.54 Å². The molecule has 98 valence electrons. The summed E-state index contributed by atoms with van der Waals surface area (Å²) in [6.45, 7) is 1.58. The van der Waals surface area contributed by atoms with Gasteiger partial charge in [-0.15, -0.1) is 0 Å². The Hall–Kier alpha value is -1.57. The SMILES string of the molecule is Cc1ncn(CC(=O)c2cccc(F)c2)c(=O)c1I. The molecule has 0 fully saturated rings. The molecule has 0 saturated heterocycles. The highest BCUT2D eigenvalue weighted by Gasteiger charge is 2.11. The van der Waals surface area contributed by atoms with Crippen molar-refractivity contribution < 1.29 is 9.18 Å². The largest absolute Gasteiger partial charge is 0.292 e. The van der Waals surface area contributed by atoms with Crippen LogP contribution < -0.4 is 5.56 Å². The van der Waals surface area contributed by atoms with Crippen molar-refractivity contribution in [2.75, 3.05) is 0 Å². The third kappa shape index (κ3) is 3.06. The molecule has 0 unspecified atom stereocenters. The van der Waals surface area contributed by atoms with Gasteiger partial charge in [-0.25, -0.2) is 9.37 Å². The van der Waals surface area contributed by atoms with Crippen molar-refractivity contribution in [1.82, 2.24) is 9.55 Å². The number of hydrogen-bond acceptors (Lipinski definition) is 3. The number of rotatable bonds is 3. The summed E-state index contributed by atoms with van der Waals surface area (Å²) in [7, 11) is 0. The van der Waals surface area contributed by atoms with Crippen LogP contribution in [0.2, 0.25) is 0 Å². The van der Waals surface area contributed by atoms with Crippen molar-refractivity contribution in [1.29, 1.82) is 0 Å². The number of benzene rings is 1. The van der Waals surface area contributed by atoms with Gasteiger partial charge in [0, 0.05) is 5.56 Å². The molecular weight excluding hydrogens is 362 g/mol. The standard InChI is InChI=1S/C13H10FIN2O2/c1-8-12(15)13(19)17(7-16-8)6-11(18)9-3-2-4-10(14)5-9/h2-5,7H,6H2,1H3. The van der Waals surface area contributed by atoms with E-state index in [0.29, 0.717) is 9.26 Å². The molecule has 1 aromatic heterocycles. The normalized spacial score (nSPS) is 10.5. The fourth-order valence-electron chi connectivity index (χ4n) is 1.57. The van der Waals surface area contributed by atoms with Crippen LogP contribution in [-0.4, -0.2) is 15.3 Å². The summed E-state index contributed by atoms with van der Waals surface area (Å²) < 4.78 is 14.7. The van der Waals surface area contributed by atoms with Gasteiger partial charge in [-0.05, 0) is 41.6 Å². The summed E-state index contributed by atoms with van der Waals surface area (Å²) in [5.41, 5.74) is 0.598. The zero-order valence-electron chi connectivity index (χ0n) is 10.1. The molecule has 0 saturated carbocycles. The molecule has 0 aliphatic heterocycles. The molecule has 1 aromatic carbocycles. The van der Waals surface area contributed by atoms with E-state index >= 15 is 0 Å². The van der Waals surface area contributed by atoms with Gasteiger partial charge in [0.05, 0.1) is 22.1 Å². The second kappa shape index (κ2) is 5.60. The van der Waals surface area contributed by atoms with Crippen molar-refractivity contribution in [3.8, 4) is 0 Å². The molecule has 0 amide bonds. The fourth-order valence-corrected chi connectivity index (χ4v) is 2.02. The van der Waals surface area contributed by atoms with Gasteiger partial charge in [-0.2, -0.15) is 0 Å². The third-order valence-electron chi connectivity index (χ3n) is 2.62. The second-order valence-electron chi connectivity index (χ2n) is 4.01. The van der Waals surface area contributed by atoms with Gasteiger partial charge in [0.1, 0.15) is 5.82 Å². The summed E-state index contributed by atoms with van der Waals surface area (Å²) in [4.78, 5) is 27.9. The molecule has 0 N–H and O–H groups in total. The lowest BCUT2D eigenvalue weighted by molar-refractivity contribution is 0.0970. The zero-order valence-corrected chi connectivity index (χ0v) is 12.2. The lowest BCUT2D eigenvalue weighted by atomic mass is 10.1. The lowest BCUT2D eigenvalue weighted by Gasteiger charge is -2.06. The van der Waals surface area contributed by atoms with Gasteiger partial charge < -0.3 is 0 Å². The molecule has 0 aliphatic carbocycles. The first-order valence-corrected chi connectivity index (χ1v) is 6.57. The molecule has 1 heterocycles. The summed E-state index contributed by atoms with van der Waals surface area (Å²) in [5, 5.41) is 0. The molecule has 4 nitrogen and oxygen atoms in total. The predicted molar refractivity (Wildman–Crippen MR) is 76.7 cm³/mol. The Kier molecular flexibility index (Phi) is 4.08. The molecule has 0 spiro atoms. The van der Waals surface area contributed by atoms with Gasteiger partial charge >= 0.3 is 0 Å². The number of nitrogens with zero attached hydrogens (tertiary/aromatic N) is 2. The van der Waals surface area contributed by atoms with Crippen molar-refractivity contribution in [3.63, 3.8) is 0 Å². The van der Waals surface area contributed by atoms with Crippen molar-refractivity contribution in [2.45, 2.75) is 13.5 Å². The van der Waals surface area contributed by atoms with E-state index in [9.17, 15) is 14.0 Å². The first-order valence-electron chi connectivity index (χ1n) is 5.49. The van der Waals surface area contributed by atoms with E-state index in [4.69, 9.17) is 0 Å². The van der Waals surface area contributed by atoms with Crippen LogP contribution in [0.3, 0.4) is 0 Å². The predicted octanol–water partition coefficient (Wildman–Crippen LogP) is 2.18. The lowest BCUT2D eigenvalue weighted by Crippen LogP contribution is -2.27. The Balaban J connectivity index is 2.30. The first kappa shape index (κ1) is 13.9. The van der Waals surface area contributed by atoms with E-state index in [2.05, 4.69) is 4.98 Å². The number of aryl methyl sites for hydroxylation is 1. The van der Waals surface area contributed by atoms with Crippen LogP contribution in [0.4, 0.5) is 4.39 Å². The Morgan fingerprint density at radius 3 is 2.89 bits per heavy atom. The van der Waals surface area contributed by atoms with Crippen molar-refractivity contribution in [3.05, 3.63) is 61.6 Å². The van der Waals surface area contributed by atoms with Gasteiger partial charge in [0.25, 0.3) is 5.56 Å². The number of aromatic nitrogens is 2. The summed E-state index contributed by atoms with van der Waals surface area (Å²) in [5.74, 6) is -0.808. The molecular formula is C13H10FIN2O2. The second-order valence-corrected chi connectivity index (χ2v) is 5.09. The van der Waals surface area contributed by atoms with Crippen molar-refractivity contribution in [2.24, 2.45) is 0 Å². The minimum atomic E-state index is -0.477. The van der Waals surface area contributed by atoms with Crippen LogP contribution in [0.15, 0.2) is 35.4 Å². The van der Waals surface area contributed by atoms with Gasteiger partial charge in [-0.1, -0.05) is 12.1 Å². The molecule has 0 radical (unpaired) electrons. The maximum absolute atomic E-state index is 13.0. The average molecular weight is 372 g/mol.